The van der Waals surface area contributed by atoms with E-state index in [2.05, 4.69) is 10.5 Å². The maximum absolute atomic E-state index is 10.3. The Labute approximate surface area is 121 Å². The number of amides is 1. The summed E-state index contributed by atoms with van der Waals surface area (Å²) in [6.45, 7) is 0.452. The summed E-state index contributed by atoms with van der Waals surface area (Å²) in [5.74, 6) is 0.797. The van der Waals surface area contributed by atoms with Gasteiger partial charge in [0.15, 0.2) is 0 Å². The van der Waals surface area contributed by atoms with Crippen LogP contribution in [0.2, 0.25) is 5.02 Å². The van der Waals surface area contributed by atoms with Crippen LogP contribution in [0.5, 0.6) is 0 Å². The van der Waals surface area contributed by atoms with Gasteiger partial charge < -0.3 is 14.9 Å². The number of nitrogens with one attached hydrogen (secondary N) is 1. The highest BCUT2D eigenvalue weighted by Gasteiger charge is 2.06. The SMILES string of the molecule is O=C(O)NCCCCc1cc(-c2ccc(Cl)cc2)no1. The lowest BCUT2D eigenvalue weighted by molar-refractivity contribution is 0.194. The minimum atomic E-state index is -0.991. The number of carbonyl (C=O) groups is 1. The van der Waals surface area contributed by atoms with Gasteiger partial charge in [0, 0.05) is 29.6 Å². The summed E-state index contributed by atoms with van der Waals surface area (Å²) in [6, 6.07) is 9.29. The van der Waals surface area contributed by atoms with Gasteiger partial charge in [-0.05, 0) is 25.0 Å². The zero-order valence-corrected chi connectivity index (χ0v) is 11.6. The Hall–Kier alpha value is -2.01. The average Bonchev–Trinajstić information content (AvgIpc) is 2.87. The first kappa shape index (κ1) is 14.4. The summed E-state index contributed by atoms with van der Waals surface area (Å²) in [6.07, 6.45) is 1.36. The lowest BCUT2D eigenvalue weighted by Gasteiger charge is -1.98. The average molecular weight is 295 g/mol. The fourth-order valence-electron chi connectivity index (χ4n) is 1.81. The highest BCUT2D eigenvalue weighted by molar-refractivity contribution is 6.30. The largest absolute Gasteiger partial charge is 0.465 e. The summed E-state index contributed by atoms with van der Waals surface area (Å²) < 4.78 is 5.26. The van der Waals surface area contributed by atoms with Crippen LogP contribution in [0.4, 0.5) is 4.79 Å². The molecule has 0 unspecified atom stereocenters. The number of benzene rings is 1. The molecule has 0 saturated heterocycles. The van der Waals surface area contributed by atoms with E-state index >= 15 is 0 Å². The van der Waals surface area contributed by atoms with Crippen LogP contribution in [0.1, 0.15) is 18.6 Å². The fraction of sp³-hybridized carbons (Fsp3) is 0.286. The standard InChI is InChI=1S/C14H15ClN2O3/c15-11-6-4-10(5-7-11)13-9-12(20-17-13)3-1-2-8-16-14(18)19/h4-7,9,16H,1-3,8H2,(H,18,19). The first-order valence-electron chi connectivity index (χ1n) is 6.33. The Kier molecular flexibility index (Phi) is 5.01. The smallest absolute Gasteiger partial charge is 0.404 e. The van der Waals surface area contributed by atoms with Gasteiger partial charge in [-0.1, -0.05) is 28.9 Å². The Balaban J connectivity index is 1.83. The van der Waals surface area contributed by atoms with Crippen LogP contribution >= 0.6 is 11.6 Å². The van der Waals surface area contributed by atoms with Crippen molar-refractivity contribution in [2.45, 2.75) is 19.3 Å². The molecule has 1 amide bonds. The van der Waals surface area contributed by atoms with Crippen molar-refractivity contribution in [2.24, 2.45) is 0 Å². The molecule has 5 nitrogen and oxygen atoms in total. The predicted molar refractivity (Wildman–Crippen MR) is 75.9 cm³/mol. The van der Waals surface area contributed by atoms with Gasteiger partial charge in [-0.15, -0.1) is 0 Å². The normalized spacial score (nSPS) is 10.4. The van der Waals surface area contributed by atoms with Crippen LogP contribution in [0.15, 0.2) is 34.9 Å². The Morgan fingerprint density at radius 3 is 2.75 bits per heavy atom. The molecule has 0 spiro atoms. The van der Waals surface area contributed by atoms with E-state index in [0.717, 1.165) is 36.3 Å². The summed E-state index contributed by atoms with van der Waals surface area (Å²) in [5.41, 5.74) is 1.73. The number of halogens is 1. The first-order valence-corrected chi connectivity index (χ1v) is 6.71. The van der Waals surface area contributed by atoms with Gasteiger partial charge in [-0.3, -0.25) is 0 Å². The zero-order chi connectivity index (χ0) is 14.4. The fourth-order valence-corrected chi connectivity index (χ4v) is 1.93. The molecule has 1 heterocycles. The number of aromatic nitrogens is 1. The van der Waals surface area contributed by atoms with E-state index in [0.29, 0.717) is 11.6 Å². The van der Waals surface area contributed by atoms with Crippen LogP contribution < -0.4 is 5.32 Å². The predicted octanol–water partition coefficient (Wildman–Crippen LogP) is 3.59. The molecule has 0 aliphatic rings. The molecule has 2 aromatic rings. The summed E-state index contributed by atoms with van der Waals surface area (Å²) in [5, 5.41) is 15.5. The van der Waals surface area contributed by atoms with Crippen LogP contribution in [-0.4, -0.2) is 22.9 Å². The van der Waals surface area contributed by atoms with Gasteiger partial charge in [-0.25, -0.2) is 4.79 Å². The number of hydrogen-bond acceptors (Lipinski definition) is 3. The minimum Gasteiger partial charge on any atom is -0.465 e. The summed E-state index contributed by atoms with van der Waals surface area (Å²) >= 11 is 5.83. The molecule has 0 fully saturated rings. The lowest BCUT2D eigenvalue weighted by atomic mass is 10.1. The quantitative estimate of drug-likeness (QED) is 0.798. The molecule has 1 aromatic carbocycles. The number of carboxylic acid groups (broad SMARTS) is 1. The third kappa shape index (κ3) is 4.28. The van der Waals surface area contributed by atoms with Crippen molar-refractivity contribution in [3.8, 4) is 11.3 Å². The molecule has 0 saturated carbocycles. The molecular weight excluding hydrogens is 280 g/mol. The first-order chi connectivity index (χ1) is 9.65. The van der Waals surface area contributed by atoms with Crippen molar-refractivity contribution in [3.63, 3.8) is 0 Å². The van der Waals surface area contributed by atoms with Crippen molar-refractivity contribution >= 4 is 17.7 Å². The lowest BCUT2D eigenvalue weighted by Crippen LogP contribution is -2.21. The monoisotopic (exact) mass is 294 g/mol. The third-order valence-electron chi connectivity index (χ3n) is 2.83. The van der Waals surface area contributed by atoms with E-state index in [9.17, 15) is 4.79 Å². The molecule has 2 rings (SSSR count). The van der Waals surface area contributed by atoms with Crippen molar-refractivity contribution in [3.05, 3.63) is 41.1 Å². The number of unbranched alkanes of at least 4 members (excludes halogenated alkanes) is 1. The van der Waals surface area contributed by atoms with Gasteiger partial charge in [0.25, 0.3) is 0 Å². The van der Waals surface area contributed by atoms with E-state index in [1.807, 2.05) is 30.3 Å². The zero-order valence-electron chi connectivity index (χ0n) is 10.8. The van der Waals surface area contributed by atoms with E-state index in [4.69, 9.17) is 21.2 Å². The highest BCUT2D eigenvalue weighted by atomic mass is 35.5. The van der Waals surface area contributed by atoms with Gasteiger partial charge in [0.2, 0.25) is 0 Å². The molecule has 0 aliphatic carbocycles. The molecule has 20 heavy (non-hydrogen) atoms. The van der Waals surface area contributed by atoms with E-state index in [-0.39, 0.29) is 0 Å². The maximum atomic E-state index is 10.3. The van der Waals surface area contributed by atoms with E-state index in [1.54, 1.807) is 0 Å². The topological polar surface area (TPSA) is 75.4 Å². The molecule has 2 N–H and O–H groups in total. The Bertz CT molecular complexity index is 566. The Morgan fingerprint density at radius 2 is 2.05 bits per heavy atom. The van der Waals surface area contributed by atoms with Crippen molar-refractivity contribution in [2.75, 3.05) is 6.54 Å². The highest BCUT2D eigenvalue weighted by Crippen LogP contribution is 2.21. The van der Waals surface area contributed by atoms with E-state index < -0.39 is 6.09 Å². The van der Waals surface area contributed by atoms with Crippen molar-refractivity contribution < 1.29 is 14.4 Å². The molecular formula is C14H15ClN2O3. The summed E-state index contributed by atoms with van der Waals surface area (Å²) in [4.78, 5) is 10.3. The molecule has 0 bridgehead atoms. The van der Waals surface area contributed by atoms with Crippen LogP contribution in [-0.2, 0) is 6.42 Å². The molecule has 0 atom stereocenters. The van der Waals surface area contributed by atoms with Gasteiger partial charge in [0.1, 0.15) is 11.5 Å². The molecule has 0 aliphatic heterocycles. The van der Waals surface area contributed by atoms with Crippen molar-refractivity contribution in [1.29, 1.82) is 0 Å². The minimum absolute atomic E-state index is 0.452. The molecule has 106 valence electrons. The maximum Gasteiger partial charge on any atom is 0.404 e. The van der Waals surface area contributed by atoms with Crippen LogP contribution in [0, 0.1) is 0 Å². The Morgan fingerprint density at radius 1 is 1.30 bits per heavy atom. The van der Waals surface area contributed by atoms with Gasteiger partial charge >= 0.3 is 6.09 Å². The second kappa shape index (κ2) is 6.96. The molecule has 6 heteroatoms. The number of aryl methyl sites for hydroxylation is 1. The molecule has 0 radical (unpaired) electrons. The number of nitrogens with zero attached hydrogens (tertiary/aromatic N) is 1. The third-order valence-corrected chi connectivity index (χ3v) is 3.08. The van der Waals surface area contributed by atoms with Crippen LogP contribution in [0.25, 0.3) is 11.3 Å². The summed E-state index contributed by atoms with van der Waals surface area (Å²) in [7, 11) is 0. The second-order valence-corrected chi connectivity index (χ2v) is 4.81. The number of rotatable bonds is 6. The van der Waals surface area contributed by atoms with Crippen LogP contribution in [0.3, 0.4) is 0 Å². The van der Waals surface area contributed by atoms with Gasteiger partial charge in [-0.2, -0.15) is 0 Å². The van der Waals surface area contributed by atoms with Crippen molar-refractivity contribution in [1.82, 2.24) is 10.5 Å². The van der Waals surface area contributed by atoms with Gasteiger partial charge in [0.05, 0.1) is 0 Å². The molecule has 1 aromatic heterocycles. The number of hydrogen-bond donors (Lipinski definition) is 2. The van der Waals surface area contributed by atoms with E-state index in [1.165, 1.54) is 0 Å². The second-order valence-electron chi connectivity index (χ2n) is 4.37.